The summed E-state index contributed by atoms with van der Waals surface area (Å²) in [6, 6.07) is 0. The maximum atomic E-state index is 11.8. The second-order valence-electron chi connectivity index (χ2n) is 5.19. The van der Waals surface area contributed by atoms with Crippen molar-refractivity contribution in [3.05, 3.63) is 12.2 Å². The molecule has 0 radical (unpaired) electrons. The minimum absolute atomic E-state index is 0.194. The summed E-state index contributed by atoms with van der Waals surface area (Å²) in [5, 5.41) is 0. The zero-order chi connectivity index (χ0) is 10.2. The Hall–Kier alpha value is -0.590. The molecule has 0 unspecified atom stereocenters. The molecule has 2 rings (SSSR count). The highest BCUT2D eigenvalue weighted by molar-refractivity contribution is 5.84. The molecule has 1 heteroatoms. The summed E-state index contributed by atoms with van der Waals surface area (Å²) >= 11 is 0. The SMILES string of the molecule is C=C(C)C1(CC(=O)C2CC2)CCCC1. The number of carbonyl (C=O) groups is 1. The zero-order valence-electron chi connectivity index (χ0n) is 9.14. The van der Waals surface area contributed by atoms with Crippen molar-refractivity contribution in [3.8, 4) is 0 Å². The van der Waals surface area contributed by atoms with Crippen LogP contribution >= 0.6 is 0 Å². The molecule has 2 fully saturated rings. The van der Waals surface area contributed by atoms with E-state index in [0.717, 1.165) is 19.3 Å². The quantitative estimate of drug-likeness (QED) is 0.623. The van der Waals surface area contributed by atoms with Gasteiger partial charge in [0.15, 0.2) is 0 Å². The Bertz CT molecular complexity index is 254. The van der Waals surface area contributed by atoms with Crippen molar-refractivity contribution < 1.29 is 4.79 Å². The molecule has 0 N–H and O–H groups in total. The molecule has 0 aromatic carbocycles. The minimum Gasteiger partial charge on any atom is -0.299 e. The van der Waals surface area contributed by atoms with Gasteiger partial charge >= 0.3 is 0 Å². The highest BCUT2D eigenvalue weighted by atomic mass is 16.1. The summed E-state index contributed by atoms with van der Waals surface area (Å²) in [6.07, 6.45) is 8.03. The molecule has 0 aliphatic heterocycles. The zero-order valence-corrected chi connectivity index (χ0v) is 9.14. The number of Topliss-reactive ketones (excluding diaryl/α,β-unsaturated/α-hetero) is 1. The van der Waals surface area contributed by atoms with Crippen LogP contribution < -0.4 is 0 Å². The topological polar surface area (TPSA) is 17.1 Å². The monoisotopic (exact) mass is 192 g/mol. The maximum absolute atomic E-state index is 11.8. The number of carbonyl (C=O) groups excluding carboxylic acids is 1. The Balaban J connectivity index is 2.03. The van der Waals surface area contributed by atoms with Crippen molar-refractivity contribution in [2.75, 3.05) is 0 Å². The Morgan fingerprint density at radius 1 is 1.36 bits per heavy atom. The van der Waals surface area contributed by atoms with Crippen LogP contribution in [0.25, 0.3) is 0 Å². The highest BCUT2D eigenvalue weighted by Gasteiger charge is 2.40. The molecular formula is C13H20O. The van der Waals surface area contributed by atoms with Gasteiger partial charge < -0.3 is 0 Å². The van der Waals surface area contributed by atoms with Gasteiger partial charge in [-0.3, -0.25) is 4.79 Å². The van der Waals surface area contributed by atoms with E-state index >= 15 is 0 Å². The fourth-order valence-corrected chi connectivity index (χ4v) is 2.69. The molecule has 78 valence electrons. The fourth-order valence-electron chi connectivity index (χ4n) is 2.69. The van der Waals surface area contributed by atoms with Crippen molar-refractivity contribution in [3.63, 3.8) is 0 Å². The summed E-state index contributed by atoms with van der Waals surface area (Å²) < 4.78 is 0. The van der Waals surface area contributed by atoms with Gasteiger partial charge in [-0.2, -0.15) is 0 Å². The number of ketones is 1. The molecule has 2 aliphatic carbocycles. The Morgan fingerprint density at radius 2 is 1.93 bits per heavy atom. The lowest BCUT2D eigenvalue weighted by atomic mass is 9.75. The van der Waals surface area contributed by atoms with Gasteiger partial charge in [0.1, 0.15) is 5.78 Å². The number of hydrogen-bond donors (Lipinski definition) is 0. The summed E-state index contributed by atoms with van der Waals surface area (Å²) in [5.41, 5.74) is 1.43. The predicted octanol–water partition coefficient (Wildman–Crippen LogP) is 3.49. The number of hydrogen-bond acceptors (Lipinski definition) is 1. The smallest absolute Gasteiger partial charge is 0.136 e. The molecule has 0 amide bonds. The van der Waals surface area contributed by atoms with Gasteiger partial charge in [0.25, 0.3) is 0 Å². The lowest BCUT2D eigenvalue weighted by Gasteiger charge is -2.28. The Kier molecular flexibility index (Phi) is 2.50. The van der Waals surface area contributed by atoms with E-state index in [1.165, 1.54) is 31.3 Å². The van der Waals surface area contributed by atoms with Gasteiger partial charge in [0, 0.05) is 12.3 Å². The summed E-state index contributed by atoms with van der Waals surface area (Å²) in [5.74, 6) is 0.932. The first-order valence-electron chi connectivity index (χ1n) is 5.83. The lowest BCUT2D eigenvalue weighted by molar-refractivity contribution is -0.122. The Morgan fingerprint density at radius 3 is 2.36 bits per heavy atom. The van der Waals surface area contributed by atoms with Crippen LogP contribution in [0.5, 0.6) is 0 Å². The molecule has 0 spiro atoms. The van der Waals surface area contributed by atoms with E-state index in [9.17, 15) is 4.79 Å². The van der Waals surface area contributed by atoms with Gasteiger partial charge in [0.05, 0.1) is 0 Å². The summed E-state index contributed by atoms with van der Waals surface area (Å²) in [7, 11) is 0. The van der Waals surface area contributed by atoms with Crippen LogP contribution in [0.2, 0.25) is 0 Å². The maximum Gasteiger partial charge on any atom is 0.136 e. The molecule has 0 aromatic heterocycles. The van der Waals surface area contributed by atoms with E-state index in [1.807, 2.05) is 0 Å². The van der Waals surface area contributed by atoms with Crippen LogP contribution in [0.1, 0.15) is 51.9 Å². The van der Waals surface area contributed by atoms with Gasteiger partial charge in [-0.15, -0.1) is 0 Å². The van der Waals surface area contributed by atoms with Crippen molar-refractivity contribution in [2.45, 2.75) is 51.9 Å². The second-order valence-corrected chi connectivity index (χ2v) is 5.19. The van der Waals surface area contributed by atoms with Crippen molar-refractivity contribution in [2.24, 2.45) is 11.3 Å². The molecule has 0 aromatic rings. The number of rotatable bonds is 4. The Labute approximate surface area is 86.6 Å². The van der Waals surface area contributed by atoms with Crippen LogP contribution in [-0.2, 0) is 4.79 Å². The molecule has 0 atom stereocenters. The van der Waals surface area contributed by atoms with Crippen LogP contribution in [-0.4, -0.2) is 5.78 Å². The first-order valence-corrected chi connectivity index (χ1v) is 5.83. The van der Waals surface area contributed by atoms with Crippen LogP contribution in [0.4, 0.5) is 0 Å². The van der Waals surface area contributed by atoms with Crippen molar-refractivity contribution >= 4 is 5.78 Å². The second kappa shape index (κ2) is 3.52. The van der Waals surface area contributed by atoms with Crippen LogP contribution in [0.3, 0.4) is 0 Å². The average molecular weight is 192 g/mol. The number of allylic oxidation sites excluding steroid dienone is 1. The normalized spacial score (nSPS) is 24.9. The third-order valence-electron chi connectivity index (χ3n) is 4.01. The first-order chi connectivity index (χ1) is 6.64. The third-order valence-corrected chi connectivity index (χ3v) is 4.01. The predicted molar refractivity (Wildman–Crippen MR) is 58.1 cm³/mol. The van der Waals surface area contributed by atoms with Gasteiger partial charge in [-0.1, -0.05) is 25.0 Å². The molecule has 2 saturated carbocycles. The van der Waals surface area contributed by atoms with E-state index in [2.05, 4.69) is 13.5 Å². The van der Waals surface area contributed by atoms with Gasteiger partial charge in [-0.05, 0) is 38.0 Å². The standard InChI is InChI=1S/C13H20O/c1-10(2)13(7-3-4-8-13)9-12(14)11-5-6-11/h11H,1,3-9H2,2H3. The van der Waals surface area contributed by atoms with E-state index in [0.29, 0.717) is 11.7 Å². The fraction of sp³-hybridized carbons (Fsp3) is 0.769. The average Bonchev–Trinajstić information content (AvgIpc) is 2.88. The first kappa shape index (κ1) is 9.95. The lowest BCUT2D eigenvalue weighted by Crippen LogP contribution is -2.22. The van der Waals surface area contributed by atoms with Crippen molar-refractivity contribution in [1.29, 1.82) is 0 Å². The minimum atomic E-state index is 0.194. The molecule has 0 bridgehead atoms. The molecule has 14 heavy (non-hydrogen) atoms. The van der Waals surface area contributed by atoms with E-state index in [1.54, 1.807) is 0 Å². The van der Waals surface area contributed by atoms with Crippen LogP contribution in [0.15, 0.2) is 12.2 Å². The van der Waals surface area contributed by atoms with E-state index in [-0.39, 0.29) is 5.41 Å². The van der Waals surface area contributed by atoms with Crippen molar-refractivity contribution in [1.82, 2.24) is 0 Å². The van der Waals surface area contributed by atoms with Crippen LogP contribution in [0, 0.1) is 11.3 Å². The van der Waals surface area contributed by atoms with E-state index in [4.69, 9.17) is 0 Å². The summed E-state index contributed by atoms with van der Waals surface area (Å²) in [4.78, 5) is 11.8. The third kappa shape index (κ3) is 1.77. The summed E-state index contributed by atoms with van der Waals surface area (Å²) in [6.45, 7) is 6.19. The molecule has 0 saturated heterocycles. The molecular weight excluding hydrogens is 172 g/mol. The van der Waals surface area contributed by atoms with Gasteiger partial charge in [-0.25, -0.2) is 0 Å². The largest absolute Gasteiger partial charge is 0.299 e. The molecule has 0 heterocycles. The van der Waals surface area contributed by atoms with E-state index < -0.39 is 0 Å². The molecule has 2 aliphatic rings. The highest BCUT2D eigenvalue weighted by Crippen LogP contribution is 2.48. The molecule has 1 nitrogen and oxygen atoms in total. The van der Waals surface area contributed by atoms with Gasteiger partial charge in [0.2, 0.25) is 0 Å².